The number of likely N-dealkylation sites (tertiary alicyclic amines) is 1. The lowest BCUT2D eigenvalue weighted by Crippen LogP contribution is -2.43. The summed E-state index contributed by atoms with van der Waals surface area (Å²) in [5.41, 5.74) is 0.767. The smallest absolute Gasteiger partial charge is 0.309 e. The van der Waals surface area contributed by atoms with E-state index in [4.69, 9.17) is 21.1 Å². The van der Waals surface area contributed by atoms with E-state index in [-0.39, 0.29) is 24.3 Å². The Hall–Kier alpha value is -1.95. The quantitative estimate of drug-likeness (QED) is 0.749. The molecule has 6 nitrogen and oxygen atoms in total. The third-order valence-electron chi connectivity index (χ3n) is 4.14. The normalized spacial score (nSPS) is 14.9. The molecular formula is C18H25ClN2O4. The Morgan fingerprint density at radius 2 is 1.96 bits per heavy atom. The van der Waals surface area contributed by atoms with Crippen LogP contribution >= 0.6 is 11.6 Å². The number of nitrogens with one attached hydrogen (secondary N) is 1. The number of hydrogen-bond donors (Lipinski definition) is 1. The highest BCUT2D eigenvalue weighted by Crippen LogP contribution is 2.27. The van der Waals surface area contributed by atoms with E-state index in [0.29, 0.717) is 49.9 Å². The van der Waals surface area contributed by atoms with Crippen molar-refractivity contribution >= 4 is 29.2 Å². The summed E-state index contributed by atoms with van der Waals surface area (Å²) in [4.78, 5) is 25.8. The maximum Gasteiger partial charge on any atom is 0.309 e. The maximum atomic E-state index is 12.3. The van der Waals surface area contributed by atoms with E-state index in [0.717, 1.165) is 5.69 Å². The number of piperidine rings is 1. The van der Waals surface area contributed by atoms with Crippen LogP contribution in [0.5, 0.6) is 5.75 Å². The summed E-state index contributed by atoms with van der Waals surface area (Å²) in [7, 11) is 0. The number of rotatable bonds is 7. The van der Waals surface area contributed by atoms with Crippen molar-refractivity contribution < 1.29 is 19.1 Å². The molecule has 0 aliphatic carbocycles. The van der Waals surface area contributed by atoms with Gasteiger partial charge in [-0.3, -0.25) is 9.59 Å². The van der Waals surface area contributed by atoms with E-state index >= 15 is 0 Å². The van der Waals surface area contributed by atoms with E-state index in [1.165, 1.54) is 0 Å². The molecule has 1 aromatic rings. The lowest BCUT2D eigenvalue weighted by molar-refractivity contribution is -0.151. The lowest BCUT2D eigenvalue weighted by Gasteiger charge is -2.31. The molecule has 0 saturated carbocycles. The molecular weight excluding hydrogens is 344 g/mol. The number of ether oxygens (including phenoxy) is 2. The van der Waals surface area contributed by atoms with Gasteiger partial charge in [0.05, 0.1) is 30.7 Å². The summed E-state index contributed by atoms with van der Waals surface area (Å²) >= 11 is 6.14. The van der Waals surface area contributed by atoms with Crippen LogP contribution in [0.3, 0.4) is 0 Å². The van der Waals surface area contributed by atoms with Crippen LogP contribution in [0.2, 0.25) is 5.02 Å². The van der Waals surface area contributed by atoms with Gasteiger partial charge >= 0.3 is 5.97 Å². The first kappa shape index (κ1) is 19.4. The van der Waals surface area contributed by atoms with Gasteiger partial charge in [-0.2, -0.15) is 0 Å². The number of anilines is 1. The Morgan fingerprint density at radius 1 is 1.24 bits per heavy atom. The Labute approximate surface area is 153 Å². The summed E-state index contributed by atoms with van der Waals surface area (Å²) in [6.07, 6.45) is 1.30. The van der Waals surface area contributed by atoms with E-state index in [9.17, 15) is 9.59 Å². The van der Waals surface area contributed by atoms with Crippen molar-refractivity contribution in [2.24, 2.45) is 5.92 Å². The second-order valence-corrected chi connectivity index (χ2v) is 6.25. The van der Waals surface area contributed by atoms with Crippen molar-refractivity contribution in [1.82, 2.24) is 4.90 Å². The highest BCUT2D eigenvalue weighted by atomic mass is 35.5. The maximum absolute atomic E-state index is 12.3. The van der Waals surface area contributed by atoms with Crippen molar-refractivity contribution in [2.45, 2.75) is 26.7 Å². The van der Waals surface area contributed by atoms with Gasteiger partial charge in [0.25, 0.3) is 0 Å². The van der Waals surface area contributed by atoms with Crippen LogP contribution in [-0.2, 0) is 14.3 Å². The van der Waals surface area contributed by atoms with Gasteiger partial charge in [0.2, 0.25) is 5.91 Å². The Morgan fingerprint density at radius 3 is 2.56 bits per heavy atom. The number of benzene rings is 1. The first-order chi connectivity index (χ1) is 12.0. The number of carbonyl (C=O) groups excluding carboxylic acids is 2. The highest BCUT2D eigenvalue weighted by molar-refractivity contribution is 6.32. The standard InChI is InChI=1S/C18H25ClN2O4/c1-3-24-16-6-5-14(11-15(16)19)20-12-17(22)21-9-7-13(8-10-21)18(23)25-4-2/h5-6,11,13,20H,3-4,7-10,12H2,1-2H3. The molecule has 1 saturated heterocycles. The molecule has 0 aromatic heterocycles. The summed E-state index contributed by atoms with van der Waals surface area (Å²) in [6, 6.07) is 5.35. The highest BCUT2D eigenvalue weighted by Gasteiger charge is 2.27. The first-order valence-electron chi connectivity index (χ1n) is 8.65. The van der Waals surface area contributed by atoms with Gasteiger partial charge in [-0.25, -0.2) is 0 Å². The molecule has 0 unspecified atom stereocenters. The molecule has 1 amide bonds. The number of hydrogen-bond acceptors (Lipinski definition) is 5. The first-order valence-corrected chi connectivity index (χ1v) is 9.03. The van der Waals surface area contributed by atoms with Gasteiger partial charge in [0, 0.05) is 18.8 Å². The van der Waals surface area contributed by atoms with Crippen molar-refractivity contribution in [1.29, 1.82) is 0 Å². The predicted octanol–water partition coefficient (Wildman–Crippen LogP) is 2.95. The van der Waals surface area contributed by atoms with Crippen LogP contribution in [0.25, 0.3) is 0 Å². The summed E-state index contributed by atoms with van der Waals surface area (Å²) < 4.78 is 10.4. The van der Waals surface area contributed by atoms with E-state index in [1.807, 2.05) is 13.0 Å². The number of halogens is 1. The Kier molecular flexibility index (Phi) is 7.37. The van der Waals surface area contributed by atoms with Gasteiger partial charge in [-0.15, -0.1) is 0 Å². The number of esters is 1. The van der Waals surface area contributed by atoms with Gasteiger partial charge in [0.1, 0.15) is 5.75 Å². The fourth-order valence-electron chi connectivity index (χ4n) is 2.80. The molecule has 1 aliphatic rings. The van der Waals surface area contributed by atoms with Crippen LogP contribution in [0.15, 0.2) is 18.2 Å². The second kappa shape index (κ2) is 9.51. The molecule has 1 aliphatic heterocycles. The largest absolute Gasteiger partial charge is 0.492 e. The number of amides is 1. The van der Waals surface area contributed by atoms with Crippen LogP contribution in [0, 0.1) is 5.92 Å². The zero-order chi connectivity index (χ0) is 18.2. The third-order valence-corrected chi connectivity index (χ3v) is 4.44. The van der Waals surface area contributed by atoms with Crippen molar-refractivity contribution in [2.75, 3.05) is 38.2 Å². The topological polar surface area (TPSA) is 67.9 Å². The number of carbonyl (C=O) groups is 2. The van der Waals surface area contributed by atoms with E-state index in [1.54, 1.807) is 24.0 Å². The van der Waals surface area contributed by atoms with E-state index < -0.39 is 0 Å². The van der Waals surface area contributed by atoms with Crippen LogP contribution in [-0.4, -0.2) is 49.6 Å². The molecule has 7 heteroatoms. The zero-order valence-electron chi connectivity index (χ0n) is 14.7. The second-order valence-electron chi connectivity index (χ2n) is 5.84. The molecule has 25 heavy (non-hydrogen) atoms. The van der Waals surface area contributed by atoms with Crippen LogP contribution in [0.1, 0.15) is 26.7 Å². The summed E-state index contributed by atoms with van der Waals surface area (Å²) in [5, 5.41) is 3.59. The molecule has 0 spiro atoms. The molecule has 0 atom stereocenters. The minimum atomic E-state index is -0.156. The molecule has 1 aromatic carbocycles. The molecule has 2 rings (SSSR count). The van der Waals surface area contributed by atoms with Gasteiger partial charge < -0.3 is 19.7 Å². The van der Waals surface area contributed by atoms with E-state index in [2.05, 4.69) is 5.32 Å². The molecule has 1 fully saturated rings. The Bertz CT molecular complexity index is 601. The van der Waals surface area contributed by atoms with Crippen LogP contribution < -0.4 is 10.1 Å². The monoisotopic (exact) mass is 368 g/mol. The molecule has 1 heterocycles. The SMILES string of the molecule is CCOC(=O)C1CCN(C(=O)CNc2ccc(OCC)c(Cl)c2)CC1. The third kappa shape index (κ3) is 5.53. The van der Waals surface area contributed by atoms with Gasteiger partial charge in [0.15, 0.2) is 0 Å². The summed E-state index contributed by atoms with van der Waals surface area (Å²) in [5.74, 6) is 0.382. The fourth-order valence-corrected chi connectivity index (χ4v) is 3.03. The van der Waals surface area contributed by atoms with Crippen molar-refractivity contribution in [3.63, 3.8) is 0 Å². The summed E-state index contributed by atoms with van der Waals surface area (Å²) in [6.45, 7) is 5.98. The molecule has 1 N–H and O–H groups in total. The molecule has 0 bridgehead atoms. The lowest BCUT2D eigenvalue weighted by atomic mass is 9.97. The minimum absolute atomic E-state index is 0.00677. The Balaban J connectivity index is 1.79. The molecule has 0 radical (unpaired) electrons. The average molecular weight is 369 g/mol. The average Bonchev–Trinajstić information content (AvgIpc) is 2.62. The minimum Gasteiger partial charge on any atom is -0.492 e. The molecule has 138 valence electrons. The van der Waals surface area contributed by atoms with Gasteiger partial charge in [-0.1, -0.05) is 11.6 Å². The van der Waals surface area contributed by atoms with Gasteiger partial charge in [-0.05, 0) is 44.9 Å². The van der Waals surface area contributed by atoms with Crippen molar-refractivity contribution in [3.05, 3.63) is 23.2 Å². The van der Waals surface area contributed by atoms with Crippen molar-refractivity contribution in [3.8, 4) is 5.75 Å². The zero-order valence-corrected chi connectivity index (χ0v) is 15.5. The number of nitrogens with zero attached hydrogens (tertiary/aromatic N) is 1. The van der Waals surface area contributed by atoms with Crippen LogP contribution in [0.4, 0.5) is 5.69 Å². The fraction of sp³-hybridized carbons (Fsp3) is 0.556. The predicted molar refractivity (Wildman–Crippen MR) is 97.0 cm³/mol.